The number of aromatic nitrogens is 2. The van der Waals surface area contributed by atoms with Crippen molar-refractivity contribution in [3.05, 3.63) is 58.7 Å². The number of likely N-dealkylation sites (tertiary alicyclic amines) is 1. The van der Waals surface area contributed by atoms with Gasteiger partial charge in [-0.1, -0.05) is 17.7 Å². The fourth-order valence-corrected chi connectivity index (χ4v) is 3.39. The van der Waals surface area contributed by atoms with Gasteiger partial charge in [-0.25, -0.2) is 9.97 Å². The van der Waals surface area contributed by atoms with Gasteiger partial charge in [-0.3, -0.25) is 9.59 Å². The standard InChI is InChI=1S/C20H24N4O2/c1-13-6-4-7-16(10-13)20(26)24-9-5-8-18(24)19-17(12-22-15(3)25)11-21-14(2)23-19/h4,6-7,10-11,18H,5,8-9,12H2,1-3H3,(H,22,25)/t18-/m0/s1. The van der Waals surface area contributed by atoms with Crippen LogP contribution in [-0.2, 0) is 11.3 Å². The Bertz CT molecular complexity index is 834. The van der Waals surface area contributed by atoms with Crippen molar-refractivity contribution in [2.24, 2.45) is 0 Å². The van der Waals surface area contributed by atoms with Gasteiger partial charge < -0.3 is 10.2 Å². The minimum Gasteiger partial charge on any atom is -0.352 e. The van der Waals surface area contributed by atoms with Gasteiger partial charge in [-0.05, 0) is 38.8 Å². The van der Waals surface area contributed by atoms with Crippen LogP contribution in [0.2, 0.25) is 0 Å². The van der Waals surface area contributed by atoms with Crippen LogP contribution in [0, 0.1) is 13.8 Å². The fraction of sp³-hybridized carbons (Fsp3) is 0.400. The van der Waals surface area contributed by atoms with E-state index in [9.17, 15) is 9.59 Å². The lowest BCUT2D eigenvalue weighted by Crippen LogP contribution is -2.32. The SMILES string of the molecule is CC(=O)NCc1cnc(C)nc1[C@@H]1CCCN1C(=O)c1cccc(C)c1. The maximum atomic E-state index is 13.1. The Kier molecular flexibility index (Phi) is 5.30. The molecule has 6 nitrogen and oxygen atoms in total. The maximum Gasteiger partial charge on any atom is 0.254 e. The molecule has 1 saturated heterocycles. The van der Waals surface area contributed by atoms with E-state index >= 15 is 0 Å². The number of carbonyl (C=O) groups is 2. The van der Waals surface area contributed by atoms with Crippen LogP contribution >= 0.6 is 0 Å². The molecular formula is C20H24N4O2. The topological polar surface area (TPSA) is 75.2 Å². The monoisotopic (exact) mass is 352 g/mol. The predicted molar refractivity (Wildman–Crippen MR) is 98.5 cm³/mol. The van der Waals surface area contributed by atoms with E-state index < -0.39 is 0 Å². The molecule has 2 aromatic rings. The van der Waals surface area contributed by atoms with Crippen molar-refractivity contribution in [3.8, 4) is 0 Å². The molecule has 3 rings (SSSR count). The van der Waals surface area contributed by atoms with Crippen LogP contribution in [0.4, 0.5) is 0 Å². The van der Waals surface area contributed by atoms with Gasteiger partial charge in [0.25, 0.3) is 5.91 Å². The smallest absolute Gasteiger partial charge is 0.254 e. The van der Waals surface area contributed by atoms with Crippen LogP contribution < -0.4 is 5.32 Å². The van der Waals surface area contributed by atoms with Gasteiger partial charge in [0.2, 0.25) is 5.91 Å². The van der Waals surface area contributed by atoms with Gasteiger partial charge in [0, 0.05) is 37.3 Å². The molecule has 0 saturated carbocycles. The average molecular weight is 352 g/mol. The van der Waals surface area contributed by atoms with E-state index in [1.54, 1.807) is 6.20 Å². The summed E-state index contributed by atoms with van der Waals surface area (Å²) in [5.74, 6) is 0.593. The molecule has 2 amide bonds. The maximum absolute atomic E-state index is 13.1. The zero-order chi connectivity index (χ0) is 18.7. The molecule has 0 radical (unpaired) electrons. The highest BCUT2D eigenvalue weighted by Gasteiger charge is 2.33. The first-order valence-electron chi connectivity index (χ1n) is 8.90. The van der Waals surface area contributed by atoms with Crippen LogP contribution in [0.3, 0.4) is 0 Å². The first-order valence-corrected chi connectivity index (χ1v) is 8.90. The second-order valence-corrected chi connectivity index (χ2v) is 6.76. The summed E-state index contributed by atoms with van der Waals surface area (Å²) in [6.07, 6.45) is 3.55. The molecule has 1 aliphatic heterocycles. The molecule has 1 fully saturated rings. The number of nitrogens with one attached hydrogen (secondary N) is 1. The molecule has 6 heteroatoms. The van der Waals surface area contributed by atoms with E-state index in [-0.39, 0.29) is 17.9 Å². The second kappa shape index (κ2) is 7.64. The Morgan fingerprint density at radius 2 is 2.12 bits per heavy atom. The van der Waals surface area contributed by atoms with Crippen molar-refractivity contribution in [2.45, 2.75) is 46.2 Å². The van der Waals surface area contributed by atoms with Gasteiger partial charge >= 0.3 is 0 Å². The Morgan fingerprint density at radius 3 is 2.85 bits per heavy atom. The zero-order valence-electron chi connectivity index (χ0n) is 15.5. The van der Waals surface area contributed by atoms with E-state index in [0.717, 1.165) is 29.7 Å². The molecule has 1 aliphatic rings. The van der Waals surface area contributed by atoms with Crippen LogP contribution in [-0.4, -0.2) is 33.2 Å². The normalized spacial score (nSPS) is 16.6. The molecule has 2 heterocycles. The second-order valence-electron chi connectivity index (χ2n) is 6.76. The van der Waals surface area contributed by atoms with E-state index in [2.05, 4.69) is 15.3 Å². The van der Waals surface area contributed by atoms with Crippen molar-refractivity contribution in [1.29, 1.82) is 0 Å². The highest BCUT2D eigenvalue weighted by atomic mass is 16.2. The summed E-state index contributed by atoms with van der Waals surface area (Å²) < 4.78 is 0. The van der Waals surface area contributed by atoms with E-state index in [4.69, 9.17) is 0 Å². The van der Waals surface area contributed by atoms with Crippen molar-refractivity contribution in [2.75, 3.05) is 6.54 Å². The summed E-state index contributed by atoms with van der Waals surface area (Å²) in [4.78, 5) is 35.1. The van der Waals surface area contributed by atoms with Gasteiger partial charge in [-0.2, -0.15) is 0 Å². The van der Waals surface area contributed by atoms with Crippen molar-refractivity contribution in [1.82, 2.24) is 20.2 Å². The molecule has 1 atom stereocenters. The number of amides is 2. The summed E-state index contributed by atoms with van der Waals surface area (Å²) in [6.45, 7) is 6.39. The summed E-state index contributed by atoms with van der Waals surface area (Å²) in [5, 5.41) is 2.81. The molecule has 0 spiro atoms. The van der Waals surface area contributed by atoms with Gasteiger partial charge in [-0.15, -0.1) is 0 Å². The third-order valence-electron chi connectivity index (χ3n) is 4.64. The van der Waals surface area contributed by atoms with Gasteiger partial charge in [0.05, 0.1) is 11.7 Å². The Morgan fingerprint density at radius 1 is 1.31 bits per heavy atom. The molecule has 136 valence electrons. The lowest BCUT2D eigenvalue weighted by Gasteiger charge is -2.26. The van der Waals surface area contributed by atoms with E-state index in [1.165, 1.54) is 6.92 Å². The lowest BCUT2D eigenvalue weighted by molar-refractivity contribution is -0.119. The first-order chi connectivity index (χ1) is 12.5. The molecule has 1 aromatic heterocycles. The number of nitrogens with zero attached hydrogens (tertiary/aromatic N) is 3. The van der Waals surface area contributed by atoms with Gasteiger partial charge in [0.1, 0.15) is 5.82 Å². The number of hydrogen-bond acceptors (Lipinski definition) is 4. The third-order valence-corrected chi connectivity index (χ3v) is 4.64. The number of carbonyl (C=O) groups excluding carboxylic acids is 2. The van der Waals surface area contributed by atoms with Gasteiger partial charge in [0.15, 0.2) is 0 Å². The zero-order valence-corrected chi connectivity index (χ0v) is 15.5. The number of rotatable bonds is 4. The summed E-state index contributed by atoms with van der Waals surface area (Å²) >= 11 is 0. The van der Waals surface area contributed by atoms with Crippen molar-refractivity contribution in [3.63, 3.8) is 0 Å². The molecule has 0 aliphatic carbocycles. The van der Waals surface area contributed by atoms with Crippen molar-refractivity contribution < 1.29 is 9.59 Å². The van der Waals surface area contributed by atoms with Crippen LogP contribution in [0.1, 0.15) is 58.8 Å². The summed E-state index contributed by atoms with van der Waals surface area (Å²) in [6, 6.07) is 7.57. The number of aryl methyl sites for hydroxylation is 2. The van der Waals surface area contributed by atoms with Crippen LogP contribution in [0.5, 0.6) is 0 Å². The van der Waals surface area contributed by atoms with E-state index in [1.807, 2.05) is 43.0 Å². The highest BCUT2D eigenvalue weighted by molar-refractivity contribution is 5.94. The molecular weight excluding hydrogens is 328 g/mol. The minimum absolute atomic E-state index is 0.0259. The number of benzene rings is 1. The molecule has 26 heavy (non-hydrogen) atoms. The van der Waals surface area contributed by atoms with Crippen molar-refractivity contribution >= 4 is 11.8 Å². The highest BCUT2D eigenvalue weighted by Crippen LogP contribution is 2.34. The van der Waals surface area contributed by atoms with E-state index in [0.29, 0.717) is 24.5 Å². The Hall–Kier alpha value is -2.76. The Balaban J connectivity index is 1.91. The minimum atomic E-state index is -0.101. The fourth-order valence-electron chi connectivity index (χ4n) is 3.39. The predicted octanol–water partition coefficient (Wildman–Crippen LogP) is 2.71. The third kappa shape index (κ3) is 3.90. The quantitative estimate of drug-likeness (QED) is 0.918. The number of hydrogen-bond donors (Lipinski definition) is 1. The molecule has 1 aromatic carbocycles. The van der Waals surface area contributed by atoms with Crippen LogP contribution in [0.15, 0.2) is 30.5 Å². The molecule has 0 unspecified atom stereocenters. The largest absolute Gasteiger partial charge is 0.352 e. The first kappa shape index (κ1) is 18.0. The molecule has 0 bridgehead atoms. The van der Waals surface area contributed by atoms with Crippen LogP contribution in [0.25, 0.3) is 0 Å². The summed E-state index contributed by atoms with van der Waals surface area (Å²) in [5.41, 5.74) is 3.46. The average Bonchev–Trinajstić information content (AvgIpc) is 3.09. The Labute approximate surface area is 153 Å². The molecule has 1 N–H and O–H groups in total. The lowest BCUT2D eigenvalue weighted by atomic mass is 10.0. The summed E-state index contributed by atoms with van der Waals surface area (Å²) in [7, 11) is 0.